The second-order valence-corrected chi connectivity index (χ2v) is 3.86. The average molecular weight is 227 g/mol. The van der Waals surface area contributed by atoms with Gasteiger partial charge in [-0.05, 0) is 25.3 Å². The van der Waals surface area contributed by atoms with Crippen LogP contribution in [0.4, 0.5) is 13.2 Å². The molecular weight excluding hydrogens is 211 g/mol. The zero-order chi connectivity index (χ0) is 11.3. The molecule has 0 aromatic heterocycles. The molecule has 15 heavy (non-hydrogen) atoms. The monoisotopic (exact) mass is 227 g/mol. The topological polar surface area (TPSA) is 41.5 Å². The molecule has 1 aliphatic rings. The minimum atomic E-state index is -4.24. The summed E-state index contributed by atoms with van der Waals surface area (Å²) >= 11 is 0. The Bertz CT molecular complexity index is 181. The number of hydrogen-bond donors (Lipinski definition) is 2. The highest BCUT2D eigenvalue weighted by molar-refractivity contribution is 4.79. The zero-order valence-corrected chi connectivity index (χ0v) is 8.39. The third kappa shape index (κ3) is 5.96. The predicted octanol–water partition coefficient (Wildman–Crippen LogP) is 0.926. The van der Waals surface area contributed by atoms with Gasteiger partial charge in [0, 0.05) is 6.54 Å². The summed E-state index contributed by atoms with van der Waals surface area (Å²) in [4.78, 5) is 0. The molecule has 0 aromatic rings. The molecule has 0 amide bonds. The maximum absolute atomic E-state index is 11.6. The van der Waals surface area contributed by atoms with Crippen molar-refractivity contribution >= 4 is 0 Å². The third-order valence-corrected chi connectivity index (χ3v) is 2.33. The summed E-state index contributed by atoms with van der Waals surface area (Å²) in [5.41, 5.74) is 0. The molecule has 0 aliphatic heterocycles. The Morgan fingerprint density at radius 2 is 2.00 bits per heavy atom. The fourth-order valence-corrected chi connectivity index (χ4v) is 1.51. The molecule has 0 unspecified atom stereocenters. The van der Waals surface area contributed by atoms with E-state index in [1.54, 1.807) is 0 Å². The summed E-state index contributed by atoms with van der Waals surface area (Å²) in [5, 5.41) is 12.0. The first-order valence-corrected chi connectivity index (χ1v) is 5.00. The highest BCUT2D eigenvalue weighted by Gasteiger charge is 2.27. The van der Waals surface area contributed by atoms with Gasteiger partial charge in [0.1, 0.15) is 6.61 Å². The first kappa shape index (κ1) is 12.7. The number of hydrogen-bond acceptors (Lipinski definition) is 3. The second-order valence-electron chi connectivity index (χ2n) is 3.86. The van der Waals surface area contributed by atoms with Gasteiger partial charge in [-0.1, -0.05) is 0 Å². The first-order valence-electron chi connectivity index (χ1n) is 5.00. The molecule has 0 spiro atoms. The smallest absolute Gasteiger partial charge is 0.393 e. The van der Waals surface area contributed by atoms with Crippen LogP contribution in [0, 0.1) is 5.92 Å². The standard InChI is InChI=1S/C9H16F3NO2/c10-9(11,12)6-15-2-1-13-5-7-3-8(14)4-7/h7-8,13-14H,1-6H2. The van der Waals surface area contributed by atoms with Crippen LogP contribution in [0.25, 0.3) is 0 Å². The number of aliphatic hydroxyl groups is 1. The van der Waals surface area contributed by atoms with Crippen molar-refractivity contribution in [3.05, 3.63) is 0 Å². The number of alkyl halides is 3. The SMILES string of the molecule is OC1CC(CNCCOCC(F)(F)F)C1. The minimum absolute atomic E-state index is 0.0643. The Balaban J connectivity index is 1.81. The fraction of sp³-hybridized carbons (Fsp3) is 1.00. The second kappa shape index (κ2) is 5.67. The van der Waals surface area contributed by atoms with Crippen molar-refractivity contribution in [2.75, 3.05) is 26.3 Å². The summed E-state index contributed by atoms with van der Waals surface area (Å²) in [6.07, 6.45) is -2.84. The number of halogens is 3. The van der Waals surface area contributed by atoms with E-state index in [1.807, 2.05) is 0 Å². The van der Waals surface area contributed by atoms with Crippen LogP contribution >= 0.6 is 0 Å². The Hall–Kier alpha value is -0.330. The lowest BCUT2D eigenvalue weighted by Gasteiger charge is -2.31. The van der Waals surface area contributed by atoms with Crippen molar-refractivity contribution in [2.45, 2.75) is 25.1 Å². The maximum Gasteiger partial charge on any atom is 0.411 e. The van der Waals surface area contributed by atoms with Crippen molar-refractivity contribution < 1.29 is 23.0 Å². The van der Waals surface area contributed by atoms with Gasteiger partial charge in [-0.3, -0.25) is 0 Å². The largest absolute Gasteiger partial charge is 0.411 e. The van der Waals surface area contributed by atoms with Crippen LogP contribution in [0.5, 0.6) is 0 Å². The van der Waals surface area contributed by atoms with Gasteiger partial charge in [0.05, 0.1) is 12.7 Å². The van der Waals surface area contributed by atoms with Gasteiger partial charge in [0.25, 0.3) is 0 Å². The van der Waals surface area contributed by atoms with E-state index in [9.17, 15) is 13.2 Å². The van der Waals surface area contributed by atoms with E-state index in [1.165, 1.54) is 0 Å². The van der Waals surface area contributed by atoms with Gasteiger partial charge in [-0.25, -0.2) is 0 Å². The van der Waals surface area contributed by atoms with Crippen molar-refractivity contribution in [1.82, 2.24) is 5.32 Å². The fourth-order valence-electron chi connectivity index (χ4n) is 1.51. The molecule has 1 fully saturated rings. The van der Waals surface area contributed by atoms with E-state index in [-0.39, 0.29) is 12.7 Å². The molecule has 1 rings (SSSR count). The van der Waals surface area contributed by atoms with Crippen LogP contribution in [-0.4, -0.2) is 43.7 Å². The molecule has 90 valence electrons. The molecule has 1 aliphatic carbocycles. The average Bonchev–Trinajstić information content (AvgIpc) is 2.05. The summed E-state index contributed by atoms with van der Waals surface area (Å²) < 4.78 is 39.3. The minimum Gasteiger partial charge on any atom is -0.393 e. The number of ether oxygens (including phenoxy) is 1. The molecular formula is C9H16F3NO2. The van der Waals surface area contributed by atoms with Crippen molar-refractivity contribution in [1.29, 1.82) is 0 Å². The van der Waals surface area contributed by atoms with Gasteiger partial charge in [0.15, 0.2) is 0 Å². The number of rotatable bonds is 6. The molecule has 0 saturated heterocycles. The van der Waals surface area contributed by atoms with Crippen LogP contribution in [0.3, 0.4) is 0 Å². The van der Waals surface area contributed by atoms with Crippen LogP contribution < -0.4 is 5.32 Å². The van der Waals surface area contributed by atoms with Gasteiger partial charge < -0.3 is 15.2 Å². The lowest BCUT2D eigenvalue weighted by Crippen LogP contribution is -2.37. The highest BCUT2D eigenvalue weighted by atomic mass is 19.4. The summed E-state index contributed by atoms with van der Waals surface area (Å²) in [6, 6.07) is 0. The Morgan fingerprint density at radius 3 is 2.53 bits per heavy atom. The van der Waals surface area contributed by atoms with Crippen LogP contribution in [0.2, 0.25) is 0 Å². The molecule has 6 heteroatoms. The maximum atomic E-state index is 11.6. The van der Waals surface area contributed by atoms with Crippen molar-refractivity contribution in [3.8, 4) is 0 Å². The third-order valence-electron chi connectivity index (χ3n) is 2.33. The molecule has 3 nitrogen and oxygen atoms in total. The molecule has 0 atom stereocenters. The van der Waals surface area contributed by atoms with E-state index in [4.69, 9.17) is 5.11 Å². The molecule has 0 bridgehead atoms. The van der Waals surface area contributed by atoms with Crippen LogP contribution in [0.1, 0.15) is 12.8 Å². The Morgan fingerprint density at radius 1 is 1.33 bits per heavy atom. The molecule has 0 radical (unpaired) electrons. The van der Waals surface area contributed by atoms with Gasteiger partial charge in [0.2, 0.25) is 0 Å². The van der Waals surface area contributed by atoms with Crippen molar-refractivity contribution in [2.24, 2.45) is 5.92 Å². The summed E-state index contributed by atoms with van der Waals surface area (Å²) in [7, 11) is 0. The predicted molar refractivity (Wildman–Crippen MR) is 48.5 cm³/mol. The number of aliphatic hydroxyl groups excluding tert-OH is 1. The van der Waals surface area contributed by atoms with Gasteiger partial charge in [-0.2, -0.15) is 13.2 Å². The Kier molecular flexibility index (Phi) is 4.82. The molecule has 0 heterocycles. The van der Waals surface area contributed by atoms with E-state index in [2.05, 4.69) is 10.1 Å². The van der Waals surface area contributed by atoms with E-state index in [0.29, 0.717) is 12.5 Å². The van der Waals surface area contributed by atoms with Gasteiger partial charge in [-0.15, -0.1) is 0 Å². The normalized spacial score (nSPS) is 26.4. The zero-order valence-electron chi connectivity index (χ0n) is 8.39. The highest BCUT2D eigenvalue weighted by Crippen LogP contribution is 2.25. The van der Waals surface area contributed by atoms with E-state index in [0.717, 1.165) is 19.4 Å². The van der Waals surface area contributed by atoms with E-state index >= 15 is 0 Å². The molecule has 0 aromatic carbocycles. The summed E-state index contributed by atoms with van der Waals surface area (Å²) in [6.45, 7) is 0.0424. The van der Waals surface area contributed by atoms with Crippen LogP contribution in [-0.2, 0) is 4.74 Å². The lowest BCUT2D eigenvalue weighted by molar-refractivity contribution is -0.173. The number of nitrogens with one attached hydrogen (secondary N) is 1. The first-order chi connectivity index (χ1) is 6.97. The van der Waals surface area contributed by atoms with E-state index < -0.39 is 12.8 Å². The van der Waals surface area contributed by atoms with Gasteiger partial charge >= 0.3 is 6.18 Å². The molecule has 1 saturated carbocycles. The van der Waals surface area contributed by atoms with Crippen molar-refractivity contribution in [3.63, 3.8) is 0 Å². The molecule has 2 N–H and O–H groups in total. The Labute approximate surface area is 86.6 Å². The lowest BCUT2D eigenvalue weighted by atomic mass is 9.82. The van der Waals surface area contributed by atoms with Crippen LogP contribution in [0.15, 0.2) is 0 Å². The summed E-state index contributed by atoms with van der Waals surface area (Å²) in [5.74, 6) is 0.461. The quantitative estimate of drug-likeness (QED) is 0.663.